The highest BCUT2D eigenvalue weighted by Gasteiger charge is 2.24. The Balaban J connectivity index is 1.66. The van der Waals surface area contributed by atoms with Crippen molar-refractivity contribution in [3.8, 4) is 22.2 Å². The van der Waals surface area contributed by atoms with E-state index >= 15 is 0 Å². The molecule has 4 aromatic heterocycles. The van der Waals surface area contributed by atoms with Crippen molar-refractivity contribution in [3.63, 3.8) is 0 Å². The number of thiophene rings is 1. The van der Waals surface area contributed by atoms with Crippen LogP contribution in [0.2, 0.25) is 0 Å². The van der Waals surface area contributed by atoms with Gasteiger partial charge in [0.2, 0.25) is 0 Å². The summed E-state index contributed by atoms with van der Waals surface area (Å²) in [5, 5.41) is 14.0. The first-order valence-electron chi connectivity index (χ1n) is 6.71. The summed E-state index contributed by atoms with van der Waals surface area (Å²) in [5.41, 5.74) is 0.724. The van der Waals surface area contributed by atoms with E-state index in [1.54, 1.807) is 29.9 Å². The molecule has 0 radical (unpaired) electrons. The molecule has 0 saturated carbocycles. The molecular formula is C14H11N5O2S2. The van der Waals surface area contributed by atoms with Gasteiger partial charge in [-0.05, 0) is 17.5 Å². The Hall–Kier alpha value is -2.39. The van der Waals surface area contributed by atoms with Crippen LogP contribution in [0.4, 0.5) is 0 Å². The summed E-state index contributed by atoms with van der Waals surface area (Å²) in [6.07, 6.45) is 3.09. The lowest BCUT2D eigenvalue weighted by atomic mass is 10.3. The second-order valence-electron chi connectivity index (χ2n) is 4.79. The van der Waals surface area contributed by atoms with Gasteiger partial charge < -0.3 is 13.5 Å². The molecule has 0 fully saturated rings. The summed E-state index contributed by atoms with van der Waals surface area (Å²) in [6, 6.07) is 5.72. The van der Waals surface area contributed by atoms with E-state index in [0.29, 0.717) is 17.5 Å². The van der Waals surface area contributed by atoms with Crippen molar-refractivity contribution < 1.29 is 8.94 Å². The Morgan fingerprint density at radius 3 is 2.96 bits per heavy atom. The SMILES string of the molecule is Cn1c(-c2cccs2)nnc1C(S)c1noc(-c2ccoc2)n1. The number of aromatic nitrogens is 5. The molecule has 7 nitrogen and oxygen atoms in total. The van der Waals surface area contributed by atoms with Gasteiger partial charge in [0.25, 0.3) is 5.89 Å². The van der Waals surface area contributed by atoms with E-state index in [4.69, 9.17) is 8.94 Å². The minimum atomic E-state index is -0.439. The molecule has 1 unspecified atom stereocenters. The monoisotopic (exact) mass is 345 g/mol. The second-order valence-corrected chi connectivity index (χ2v) is 6.25. The third-order valence-corrected chi connectivity index (χ3v) is 4.68. The highest BCUT2D eigenvalue weighted by Crippen LogP contribution is 2.30. The maximum atomic E-state index is 5.25. The van der Waals surface area contributed by atoms with Crippen molar-refractivity contribution in [1.29, 1.82) is 0 Å². The van der Waals surface area contributed by atoms with Crippen LogP contribution >= 0.6 is 24.0 Å². The third-order valence-electron chi connectivity index (χ3n) is 3.35. The average Bonchev–Trinajstić information content (AvgIpc) is 3.32. The molecule has 9 heteroatoms. The van der Waals surface area contributed by atoms with Crippen molar-refractivity contribution in [2.24, 2.45) is 7.05 Å². The molecule has 23 heavy (non-hydrogen) atoms. The molecule has 0 aromatic carbocycles. The number of hydrogen-bond donors (Lipinski definition) is 1. The molecule has 1 atom stereocenters. The fraction of sp³-hybridized carbons (Fsp3) is 0.143. The maximum absolute atomic E-state index is 5.25. The predicted molar refractivity (Wildman–Crippen MR) is 87.1 cm³/mol. The molecule has 0 aliphatic rings. The first-order valence-corrected chi connectivity index (χ1v) is 8.11. The molecule has 0 amide bonds. The van der Waals surface area contributed by atoms with Crippen LogP contribution in [-0.2, 0) is 7.05 Å². The summed E-state index contributed by atoms with van der Waals surface area (Å²) >= 11 is 6.18. The standard InChI is InChI=1S/C14H11N5O2S2/c1-19-12(9-3-2-6-23-9)16-17-13(19)10(22)11-15-14(21-18-11)8-4-5-20-7-8/h2-7,10,22H,1H3. The summed E-state index contributed by atoms with van der Waals surface area (Å²) in [4.78, 5) is 5.39. The van der Waals surface area contributed by atoms with Gasteiger partial charge in [0.15, 0.2) is 17.5 Å². The normalized spacial score (nSPS) is 12.6. The zero-order valence-corrected chi connectivity index (χ0v) is 13.7. The van der Waals surface area contributed by atoms with Gasteiger partial charge in [-0.1, -0.05) is 11.2 Å². The lowest BCUT2D eigenvalue weighted by Crippen LogP contribution is -2.05. The Morgan fingerprint density at radius 1 is 1.30 bits per heavy atom. The zero-order valence-electron chi connectivity index (χ0n) is 11.9. The Kier molecular flexibility index (Phi) is 3.50. The smallest absolute Gasteiger partial charge is 0.261 e. The van der Waals surface area contributed by atoms with E-state index in [2.05, 4.69) is 33.0 Å². The second kappa shape index (κ2) is 5.67. The molecular weight excluding hydrogens is 334 g/mol. The fourth-order valence-electron chi connectivity index (χ4n) is 2.16. The van der Waals surface area contributed by atoms with Crippen molar-refractivity contribution in [2.45, 2.75) is 5.25 Å². The van der Waals surface area contributed by atoms with Crippen molar-refractivity contribution >= 4 is 24.0 Å². The lowest BCUT2D eigenvalue weighted by Gasteiger charge is -2.06. The third kappa shape index (κ3) is 2.47. The van der Waals surface area contributed by atoms with Gasteiger partial charge in [-0.15, -0.1) is 21.5 Å². The van der Waals surface area contributed by atoms with E-state index in [9.17, 15) is 0 Å². The number of rotatable bonds is 4. The Bertz CT molecular complexity index is 911. The van der Waals surface area contributed by atoms with Crippen LogP contribution in [0.15, 0.2) is 45.0 Å². The molecule has 4 rings (SSSR count). The van der Waals surface area contributed by atoms with Crippen LogP contribution < -0.4 is 0 Å². The first-order chi connectivity index (χ1) is 11.2. The fourth-order valence-corrected chi connectivity index (χ4v) is 3.24. The van der Waals surface area contributed by atoms with Gasteiger partial charge >= 0.3 is 0 Å². The molecule has 0 spiro atoms. The van der Waals surface area contributed by atoms with Crippen LogP contribution in [0, 0.1) is 0 Å². The Labute approximate surface area is 140 Å². The highest BCUT2D eigenvalue weighted by atomic mass is 32.1. The molecule has 4 heterocycles. The van der Waals surface area contributed by atoms with Crippen LogP contribution in [0.5, 0.6) is 0 Å². The zero-order chi connectivity index (χ0) is 15.8. The topological polar surface area (TPSA) is 82.8 Å². The highest BCUT2D eigenvalue weighted by molar-refractivity contribution is 7.80. The molecule has 0 aliphatic carbocycles. The van der Waals surface area contributed by atoms with Crippen molar-refractivity contribution in [3.05, 3.63) is 47.8 Å². The van der Waals surface area contributed by atoms with Crippen LogP contribution in [0.25, 0.3) is 22.2 Å². The van der Waals surface area contributed by atoms with Gasteiger partial charge in [0, 0.05) is 7.05 Å². The summed E-state index contributed by atoms with van der Waals surface area (Å²) in [7, 11) is 1.89. The van der Waals surface area contributed by atoms with Gasteiger partial charge in [0.1, 0.15) is 11.5 Å². The van der Waals surface area contributed by atoms with E-state index in [1.807, 2.05) is 29.1 Å². The minimum absolute atomic E-state index is 0.383. The van der Waals surface area contributed by atoms with Crippen LogP contribution in [0.1, 0.15) is 16.9 Å². The maximum Gasteiger partial charge on any atom is 0.261 e. The molecule has 0 aliphatic heterocycles. The van der Waals surface area contributed by atoms with Crippen molar-refractivity contribution in [1.82, 2.24) is 24.9 Å². The van der Waals surface area contributed by atoms with Crippen LogP contribution in [-0.4, -0.2) is 24.9 Å². The van der Waals surface area contributed by atoms with E-state index in [0.717, 1.165) is 16.3 Å². The van der Waals surface area contributed by atoms with E-state index in [-0.39, 0.29) is 0 Å². The summed E-state index contributed by atoms with van der Waals surface area (Å²) < 4.78 is 12.1. The predicted octanol–water partition coefficient (Wildman–Crippen LogP) is 3.21. The van der Waals surface area contributed by atoms with Crippen LogP contribution in [0.3, 0.4) is 0 Å². The van der Waals surface area contributed by atoms with Gasteiger partial charge in [-0.3, -0.25) is 0 Å². The summed E-state index contributed by atoms with van der Waals surface area (Å²) in [5.74, 6) is 2.25. The number of nitrogens with zero attached hydrogens (tertiary/aromatic N) is 5. The van der Waals surface area contributed by atoms with E-state index in [1.165, 1.54) is 0 Å². The molecule has 0 bridgehead atoms. The largest absolute Gasteiger partial charge is 0.472 e. The minimum Gasteiger partial charge on any atom is -0.472 e. The number of thiol groups is 1. The van der Waals surface area contributed by atoms with Crippen molar-refractivity contribution in [2.75, 3.05) is 0 Å². The Morgan fingerprint density at radius 2 is 2.22 bits per heavy atom. The molecule has 0 N–H and O–H groups in total. The van der Waals surface area contributed by atoms with Gasteiger partial charge in [0.05, 0.1) is 16.7 Å². The molecule has 116 valence electrons. The average molecular weight is 345 g/mol. The lowest BCUT2D eigenvalue weighted by molar-refractivity contribution is 0.422. The van der Waals surface area contributed by atoms with Gasteiger partial charge in [-0.25, -0.2) is 0 Å². The van der Waals surface area contributed by atoms with Gasteiger partial charge in [-0.2, -0.15) is 17.6 Å². The van der Waals surface area contributed by atoms with E-state index < -0.39 is 5.25 Å². The summed E-state index contributed by atoms with van der Waals surface area (Å²) in [6.45, 7) is 0. The number of furan rings is 1. The quantitative estimate of drug-likeness (QED) is 0.572. The number of hydrogen-bond acceptors (Lipinski definition) is 8. The molecule has 4 aromatic rings. The first kappa shape index (κ1) is 14.2. The molecule has 0 saturated heterocycles.